The van der Waals surface area contributed by atoms with E-state index in [1.54, 1.807) is 13.1 Å². The highest BCUT2D eigenvalue weighted by molar-refractivity contribution is 5.29. The van der Waals surface area contributed by atoms with Gasteiger partial charge >= 0.3 is 5.95 Å². The second-order valence-corrected chi connectivity index (χ2v) is 4.19. The van der Waals surface area contributed by atoms with Gasteiger partial charge in [-0.3, -0.25) is 4.57 Å². The van der Waals surface area contributed by atoms with Gasteiger partial charge in [0, 0.05) is 13.6 Å². The van der Waals surface area contributed by atoms with Gasteiger partial charge in [0.15, 0.2) is 11.6 Å². The smallest absolute Gasteiger partial charge is 0.341 e. The van der Waals surface area contributed by atoms with Gasteiger partial charge in [-0.2, -0.15) is 10.2 Å². The number of hydrogen-bond acceptors (Lipinski definition) is 5. The van der Waals surface area contributed by atoms with Gasteiger partial charge in [-0.1, -0.05) is 6.07 Å². The van der Waals surface area contributed by atoms with Crippen LogP contribution in [-0.2, 0) is 20.2 Å². The lowest BCUT2D eigenvalue weighted by atomic mass is 10.2. The van der Waals surface area contributed by atoms with E-state index in [0.29, 0.717) is 11.3 Å². The number of ether oxygens (including phenoxy) is 1. The molecule has 4 N–H and O–H groups in total. The van der Waals surface area contributed by atoms with Crippen LogP contribution in [0.2, 0.25) is 0 Å². The summed E-state index contributed by atoms with van der Waals surface area (Å²) in [6.45, 7) is 0.274. The third-order valence-corrected chi connectivity index (χ3v) is 2.88. The molecule has 0 fully saturated rings. The molecule has 0 bridgehead atoms. The minimum absolute atomic E-state index is 0.0235. The summed E-state index contributed by atoms with van der Waals surface area (Å²) >= 11 is 0. The molecule has 0 saturated carbocycles. The minimum atomic E-state index is -1.13. The van der Waals surface area contributed by atoms with E-state index in [0.717, 1.165) is 0 Å². The van der Waals surface area contributed by atoms with Gasteiger partial charge in [0.1, 0.15) is 6.61 Å². The predicted molar refractivity (Wildman–Crippen MR) is 67.6 cm³/mol. The molecule has 0 aliphatic rings. The molecule has 0 amide bonds. The number of hydrogen-bond donors (Lipinski definition) is 3. The lowest BCUT2D eigenvalue weighted by molar-refractivity contribution is -0.995. The quantitative estimate of drug-likeness (QED) is 0.670. The molecule has 2 rings (SSSR count). The minimum Gasteiger partial charge on any atom is -0.592 e. The van der Waals surface area contributed by atoms with E-state index >= 15 is 0 Å². The monoisotopic (exact) mass is 282 g/mol. The normalized spacial score (nSPS) is 12.4. The summed E-state index contributed by atoms with van der Waals surface area (Å²) < 4.78 is 20.4. The van der Waals surface area contributed by atoms with Crippen LogP contribution in [0.15, 0.2) is 24.4 Å². The van der Waals surface area contributed by atoms with Crippen LogP contribution in [-0.4, -0.2) is 14.8 Å². The van der Waals surface area contributed by atoms with Crippen molar-refractivity contribution < 1.29 is 19.6 Å². The number of rotatable bonds is 5. The SMILES string of the molecule is Cn1c(COc2ccc(CN)cc2F)cnc1[NH+]([O-])O. The van der Waals surface area contributed by atoms with Gasteiger partial charge in [-0.25, -0.2) is 9.60 Å². The molecule has 1 unspecified atom stereocenters. The first-order valence-electron chi connectivity index (χ1n) is 5.88. The van der Waals surface area contributed by atoms with E-state index < -0.39 is 11.0 Å². The van der Waals surface area contributed by atoms with Gasteiger partial charge in [0.2, 0.25) is 0 Å². The van der Waals surface area contributed by atoms with Crippen LogP contribution in [0.1, 0.15) is 11.3 Å². The Morgan fingerprint density at radius 3 is 2.85 bits per heavy atom. The molecule has 2 aromatic rings. The second-order valence-electron chi connectivity index (χ2n) is 4.19. The van der Waals surface area contributed by atoms with Crippen molar-refractivity contribution >= 4 is 5.95 Å². The highest BCUT2D eigenvalue weighted by atomic mass is 19.1. The fourth-order valence-corrected chi connectivity index (χ4v) is 1.72. The molecule has 0 radical (unpaired) electrons. The standard InChI is InChI=1S/C12H15FN4O3/c1-16-9(6-15-12(16)17(18)19)7-20-11-3-2-8(5-14)4-10(11)13/h2-4,6,17-18H,5,7,14H2,1H3. The van der Waals surface area contributed by atoms with Crippen LogP contribution in [0.3, 0.4) is 0 Å². The van der Waals surface area contributed by atoms with Crippen molar-refractivity contribution in [1.29, 1.82) is 0 Å². The van der Waals surface area contributed by atoms with Gasteiger partial charge in [0.05, 0.1) is 11.9 Å². The highest BCUT2D eigenvalue weighted by Crippen LogP contribution is 2.19. The molecule has 108 valence electrons. The van der Waals surface area contributed by atoms with Crippen LogP contribution in [0.5, 0.6) is 5.75 Å². The van der Waals surface area contributed by atoms with Crippen molar-refractivity contribution in [3.05, 3.63) is 46.7 Å². The summed E-state index contributed by atoms with van der Waals surface area (Å²) in [5.74, 6) is -0.517. The summed E-state index contributed by atoms with van der Waals surface area (Å²) in [5, 5.41) is 18.6. The van der Waals surface area contributed by atoms with E-state index in [2.05, 4.69) is 4.98 Å². The number of imidazole rings is 1. The fraction of sp³-hybridized carbons (Fsp3) is 0.250. The first kappa shape index (κ1) is 14.4. The van der Waals surface area contributed by atoms with E-state index in [9.17, 15) is 9.60 Å². The second kappa shape index (κ2) is 5.97. The Hall–Kier alpha value is -2.00. The zero-order valence-corrected chi connectivity index (χ0v) is 10.8. The average molecular weight is 282 g/mol. The first-order chi connectivity index (χ1) is 9.52. The van der Waals surface area contributed by atoms with Crippen molar-refractivity contribution in [2.24, 2.45) is 12.8 Å². The van der Waals surface area contributed by atoms with Gasteiger partial charge in [-0.15, -0.1) is 0 Å². The van der Waals surface area contributed by atoms with E-state index in [-0.39, 0.29) is 24.8 Å². The van der Waals surface area contributed by atoms with Crippen molar-refractivity contribution in [1.82, 2.24) is 9.55 Å². The Morgan fingerprint density at radius 1 is 1.55 bits per heavy atom. The largest absolute Gasteiger partial charge is 0.592 e. The Kier molecular flexibility index (Phi) is 4.30. The van der Waals surface area contributed by atoms with Crippen molar-refractivity contribution in [2.45, 2.75) is 13.2 Å². The van der Waals surface area contributed by atoms with Crippen LogP contribution >= 0.6 is 0 Å². The molecule has 8 heteroatoms. The number of halogens is 1. The van der Waals surface area contributed by atoms with Crippen molar-refractivity contribution in [3.8, 4) is 5.75 Å². The maximum atomic E-state index is 13.7. The summed E-state index contributed by atoms with van der Waals surface area (Å²) in [6.07, 6.45) is 1.38. The summed E-state index contributed by atoms with van der Waals surface area (Å²) in [7, 11) is 1.56. The molecular weight excluding hydrogens is 267 g/mol. The average Bonchev–Trinajstić information content (AvgIpc) is 2.78. The molecule has 0 saturated heterocycles. The maximum Gasteiger partial charge on any atom is 0.341 e. The molecule has 1 heterocycles. The molecular formula is C12H15FN4O3. The summed E-state index contributed by atoms with van der Waals surface area (Å²) in [6, 6.07) is 4.47. The highest BCUT2D eigenvalue weighted by Gasteiger charge is 2.13. The van der Waals surface area contributed by atoms with Crippen LogP contribution in [0.4, 0.5) is 10.3 Å². The van der Waals surface area contributed by atoms with Crippen LogP contribution in [0.25, 0.3) is 0 Å². The molecule has 1 aromatic carbocycles. The van der Waals surface area contributed by atoms with Gasteiger partial charge < -0.3 is 15.7 Å². The summed E-state index contributed by atoms with van der Waals surface area (Å²) in [5.41, 5.74) is 6.61. The van der Waals surface area contributed by atoms with E-state index in [4.69, 9.17) is 15.7 Å². The molecule has 7 nitrogen and oxygen atoms in total. The van der Waals surface area contributed by atoms with Gasteiger partial charge in [-0.05, 0) is 17.7 Å². The lowest BCUT2D eigenvalue weighted by Gasteiger charge is -2.12. The van der Waals surface area contributed by atoms with Gasteiger partial charge in [0.25, 0.3) is 0 Å². The maximum absolute atomic E-state index is 13.7. The zero-order valence-electron chi connectivity index (χ0n) is 10.8. The molecule has 20 heavy (non-hydrogen) atoms. The Morgan fingerprint density at radius 2 is 2.30 bits per heavy atom. The number of benzene rings is 1. The van der Waals surface area contributed by atoms with E-state index in [1.165, 1.54) is 22.9 Å². The number of nitrogens with two attached hydrogens (primary N) is 1. The van der Waals surface area contributed by atoms with Crippen molar-refractivity contribution in [3.63, 3.8) is 0 Å². The molecule has 1 aromatic heterocycles. The van der Waals surface area contributed by atoms with Crippen molar-refractivity contribution in [2.75, 3.05) is 0 Å². The lowest BCUT2D eigenvalue weighted by Crippen LogP contribution is -3.00. The predicted octanol–water partition coefficient (Wildman–Crippen LogP) is 0.000300. The Bertz CT molecular complexity index is 600. The van der Waals surface area contributed by atoms with E-state index in [1.807, 2.05) is 0 Å². The third-order valence-electron chi connectivity index (χ3n) is 2.88. The third kappa shape index (κ3) is 2.94. The molecule has 0 aliphatic heterocycles. The molecule has 0 aliphatic carbocycles. The number of quaternary nitrogens is 1. The molecule has 1 atom stereocenters. The summed E-state index contributed by atoms with van der Waals surface area (Å²) in [4.78, 5) is 3.75. The number of aromatic nitrogens is 2. The zero-order chi connectivity index (χ0) is 14.7. The number of nitrogens with zero attached hydrogens (tertiary/aromatic N) is 2. The first-order valence-corrected chi connectivity index (χ1v) is 5.88. The Balaban J connectivity index is 2.09. The Labute approximate surface area is 114 Å². The van der Waals surface area contributed by atoms with Crippen LogP contribution < -0.4 is 15.7 Å². The van der Waals surface area contributed by atoms with Crippen LogP contribution in [0, 0.1) is 11.0 Å². The molecule has 0 spiro atoms. The fourth-order valence-electron chi connectivity index (χ4n) is 1.72. The topological polar surface area (TPSA) is 101 Å². The number of nitrogens with one attached hydrogen (secondary N) is 1.